The fourth-order valence-corrected chi connectivity index (χ4v) is 2.74. The fraction of sp³-hybridized carbons (Fsp3) is 0.188. The molecule has 1 heterocycles. The molecule has 0 aliphatic heterocycles. The summed E-state index contributed by atoms with van der Waals surface area (Å²) in [6, 6.07) is 7.97. The quantitative estimate of drug-likeness (QED) is 0.728. The Labute approximate surface area is 158 Å². The minimum Gasteiger partial charge on any atom is -0.451 e. The highest BCUT2D eigenvalue weighted by molar-refractivity contribution is 7.12. The number of ether oxygens (including phenoxy) is 1. The first-order valence-corrected chi connectivity index (χ1v) is 8.77. The number of hydrogen-bond donors (Lipinski definition) is 2. The molecular weight excluding hydrogens is 387 g/mol. The third kappa shape index (κ3) is 5.74. The van der Waals surface area contributed by atoms with Crippen LogP contribution in [0.5, 0.6) is 0 Å². The van der Waals surface area contributed by atoms with Crippen LogP contribution in [0.4, 0.5) is 5.69 Å². The second kappa shape index (κ2) is 8.84. The smallest absolute Gasteiger partial charge is 0.326 e. The number of rotatable bonds is 6. The van der Waals surface area contributed by atoms with Gasteiger partial charge in [-0.15, -0.1) is 11.3 Å². The Morgan fingerprint density at radius 3 is 2.68 bits per heavy atom. The van der Waals surface area contributed by atoms with Gasteiger partial charge in [0.05, 0.1) is 15.6 Å². The van der Waals surface area contributed by atoms with E-state index in [1.807, 2.05) is 0 Å². The maximum Gasteiger partial charge on any atom is 0.326 e. The van der Waals surface area contributed by atoms with Crippen LogP contribution in [-0.2, 0) is 14.3 Å². The van der Waals surface area contributed by atoms with Crippen LogP contribution in [0.1, 0.15) is 16.6 Å². The lowest BCUT2D eigenvalue weighted by Crippen LogP contribution is -2.35. The average Bonchev–Trinajstić information content (AvgIpc) is 3.10. The van der Waals surface area contributed by atoms with Crippen molar-refractivity contribution in [2.24, 2.45) is 0 Å². The van der Waals surface area contributed by atoms with Gasteiger partial charge in [-0.3, -0.25) is 14.4 Å². The lowest BCUT2D eigenvalue weighted by atomic mass is 10.3. The lowest BCUT2D eigenvalue weighted by Gasteiger charge is -2.14. The predicted octanol–water partition coefficient (Wildman–Crippen LogP) is 3.36. The topological polar surface area (TPSA) is 84.5 Å². The Bertz CT molecular complexity index is 780. The van der Waals surface area contributed by atoms with Crippen LogP contribution >= 0.6 is 34.5 Å². The number of carbonyl (C=O) groups excluding carboxylic acids is 3. The summed E-state index contributed by atoms with van der Waals surface area (Å²) in [5.74, 6) is -1.68. The van der Waals surface area contributed by atoms with Gasteiger partial charge >= 0.3 is 5.97 Å². The van der Waals surface area contributed by atoms with Gasteiger partial charge in [0.2, 0.25) is 0 Å². The van der Waals surface area contributed by atoms with E-state index in [0.717, 1.165) is 0 Å². The van der Waals surface area contributed by atoms with E-state index in [0.29, 0.717) is 20.6 Å². The van der Waals surface area contributed by atoms with Gasteiger partial charge in [0.15, 0.2) is 6.10 Å². The van der Waals surface area contributed by atoms with Crippen molar-refractivity contribution in [3.63, 3.8) is 0 Å². The van der Waals surface area contributed by atoms with Crippen molar-refractivity contribution < 1.29 is 19.1 Å². The van der Waals surface area contributed by atoms with Gasteiger partial charge in [-0.2, -0.15) is 0 Å². The van der Waals surface area contributed by atoms with Gasteiger partial charge in [-0.1, -0.05) is 29.3 Å². The summed E-state index contributed by atoms with van der Waals surface area (Å²) in [7, 11) is 0. The van der Waals surface area contributed by atoms with Crippen LogP contribution in [0.25, 0.3) is 0 Å². The first-order chi connectivity index (χ1) is 11.9. The average molecular weight is 401 g/mol. The molecule has 0 spiro atoms. The maximum absolute atomic E-state index is 12.1. The van der Waals surface area contributed by atoms with Crippen molar-refractivity contribution in [2.75, 3.05) is 11.9 Å². The predicted molar refractivity (Wildman–Crippen MR) is 97.3 cm³/mol. The SMILES string of the molecule is C[C@H](OC(=O)CNC(=O)c1cccs1)C(=O)Nc1cc(Cl)ccc1Cl. The van der Waals surface area contributed by atoms with Gasteiger partial charge in [-0.05, 0) is 36.6 Å². The molecule has 9 heteroatoms. The largest absolute Gasteiger partial charge is 0.451 e. The Morgan fingerprint density at radius 2 is 2.00 bits per heavy atom. The van der Waals surface area contributed by atoms with Crippen molar-refractivity contribution in [3.05, 3.63) is 50.6 Å². The Kier molecular flexibility index (Phi) is 6.81. The molecule has 2 aromatic rings. The highest BCUT2D eigenvalue weighted by Crippen LogP contribution is 2.25. The van der Waals surface area contributed by atoms with Gasteiger partial charge in [-0.25, -0.2) is 0 Å². The molecule has 2 rings (SSSR count). The molecule has 1 aromatic heterocycles. The summed E-state index contributed by atoms with van der Waals surface area (Å²) in [6.07, 6.45) is -1.07. The number of nitrogens with one attached hydrogen (secondary N) is 2. The van der Waals surface area contributed by atoms with Crippen molar-refractivity contribution in [1.82, 2.24) is 5.32 Å². The van der Waals surface area contributed by atoms with Crippen LogP contribution in [0.15, 0.2) is 35.7 Å². The number of thiophene rings is 1. The fourth-order valence-electron chi connectivity index (χ4n) is 1.77. The van der Waals surface area contributed by atoms with Crippen molar-refractivity contribution in [1.29, 1.82) is 0 Å². The molecule has 0 fully saturated rings. The number of esters is 1. The van der Waals surface area contributed by atoms with Crippen LogP contribution in [-0.4, -0.2) is 30.4 Å². The van der Waals surface area contributed by atoms with E-state index in [4.69, 9.17) is 27.9 Å². The maximum atomic E-state index is 12.1. The molecule has 0 saturated heterocycles. The van der Waals surface area contributed by atoms with E-state index < -0.39 is 18.0 Å². The van der Waals surface area contributed by atoms with Crippen LogP contribution < -0.4 is 10.6 Å². The van der Waals surface area contributed by atoms with Crippen molar-refractivity contribution in [2.45, 2.75) is 13.0 Å². The minimum absolute atomic E-state index is 0.305. The molecular formula is C16H14Cl2N2O4S. The molecule has 0 radical (unpaired) electrons. The number of carbonyl (C=O) groups is 3. The Hall–Kier alpha value is -2.09. The number of benzene rings is 1. The molecule has 0 bridgehead atoms. The Morgan fingerprint density at radius 1 is 1.24 bits per heavy atom. The van der Waals surface area contributed by atoms with E-state index in [1.165, 1.54) is 30.4 Å². The zero-order valence-corrected chi connectivity index (χ0v) is 15.4. The van der Waals surface area contributed by atoms with Crippen LogP contribution in [0.3, 0.4) is 0 Å². The van der Waals surface area contributed by atoms with Gasteiger partial charge in [0.1, 0.15) is 6.54 Å². The standard InChI is InChI=1S/C16H14Cl2N2O4S/c1-9(15(22)20-12-7-10(17)4-5-11(12)18)24-14(21)8-19-16(23)13-3-2-6-25-13/h2-7,9H,8H2,1H3,(H,19,23)(H,20,22)/t9-/m0/s1. The summed E-state index contributed by atoms with van der Waals surface area (Å²) in [5.41, 5.74) is 0.313. The highest BCUT2D eigenvalue weighted by atomic mass is 35.5. The molecule has 25 heavy (non-hydrogen) atoms. The molecule has 0 aliphatic carbocycles. The highest BCUT2D eigenvalue weighted by Gasteiger charge is 2.19. The van der Waals surface area contributed by atoms with E-state index in [1.54, 1.807) is 23.6 Å². The second-order valence-corrected chi connectivity index (χ2v) is 6.70. The van der Waals surface area contributed by atoms with Gasteiger partial charge < -0.3 is 15.4 Å². The lowest BCUT2D eigenvalue weighted by molar-refractivity contribution is -0.152. The van der Waals surface area contributed by atoms with E-state index >= 15 is 0 Å². The number of amides is 2. The van der Waals surface area contributed by atoms with Crippen molar-refractivity contribution in [3.8, 4) is 0 Å². The van der Waals surface area contributed by atoms with Crippen LogP contribution in [0.2, 0.25) is 10.0 Å². The molecule has 6 nitrogen and oxygen atoms in total. The zero-order chi connectivity index (χ0) is 18.4. The van der Waals surface area contributed by atoms with E-state index in [2.05, 4.69) is 10.6 Å². The number of halogens is 2. The summed E-state index contributed by atoms with van der Waals surface area (Å²) >= 11 is 13.1. The molecule has 1 aromatic carbocycles. The monoisotopic (exact) mass is 400 g/mol. The Balaban J connectivity index is 1.82. The normalized spacial score (nSPS) is 11.5. The first kappa shape index (κ1) is 19.2. The summed E-state index contributed by atoms with van der Waals surface area (Å²) < 4.78 is 4.98. The summed E-state index contributed by atoms with van der Waals surface area (Å²) in [6.45, 7) is 1.07. The third-order valence-electron chi connectivity index (χ3n) is 3.00. The van der Waals surface area contributed by atoms with Crippen LogP contribution in [0, 0.1) is 0 Å². The molecule has 132 valence electrons. The first-order valence-electron chi connectivity index (χ1n) is 7.14. The summed E-state index contributed by atoms with van der Waals surface area (Å²) in [5, 5.41) is 7.41. The number of hydrogen-bond acceptors (Lipinski definition) is 5. The molecule has 0 aliphatic rings. The van der Waals surface area contributed by atoms with E-state index in [9.17, 15) is 14.4 Å². The van der Waals surface area contributed by atoms with Gasteiger partial charge in [0, 0.05) is 5.02 Å². The third-order valence-corrected chi connectivity index (χ3v) is 4.44. The zero-order valence-electron chi connectivity index (χ0n) is 13.0. The van der Waals surface area contributed by atoms with Gasteiger partial charge in [0.25, 0.3) is 11.8 Å². The minimum atomic E-state index is -1.07. The summed E-state index contributed by atoms with van der Waals surface area (Å²) in [4.78, 5) is 36.0. The molecule has 0 unspecified atom stereocenters. The second-order valence-electron chi connectivity index (χ2n) is 4.91. The van der Waals surface area contributed by atoms with Crippen molar-refractivity contribution >= 4 is 58.0 Å². The molecule has 0 saturated carbocycles. The number of anilines is 1. The molecule has 2 amide bonds. The molecule has 2 N–H and O–H groups in total. The van der Waals surface area contributed by atoms with E-state index in [-0.39, 0.29) is 12.5 Å². The molecule has 1 atom stereocenters.